The van der Waals surface area contributed by atoms with Gasteiger partial charge in [-0.05, 0) is 31.2 Å². The molecule has 2 unspecified atom stereocenters. The van der Waals surface area contributed by atoms with Gasteiger partial charge in [-0.15, -0.1) is 0 Å². The fraction of sp³-hybridized carbons (Fsp3) is 0.538. The van der Waals surface area contributed by atoms with Gasteiger partial charge in [0.25, 0.3) is 0 Å². The number of benzene rings is 1. The normalized spacial score (nSPS) is 22.9. The highest BCUT2D eigenvalue weighted by molar-refractivity contribution is 9.10. The number of ether oxygens (including phenoxy) is 1. The lowest BCUT2D eigenvalue weighted by atomic mass is 10.0. The molecule has 0 radical (unpaired) electrons. The van der Waals surface area contributed by atoms with Crippen LogP contribution < -0.4 is 11.3 Å². The standard InChI is InChI=1S/C13H20BrN3O/c1-17-6-7-18-13(9-17)12(16-15)8-10-2-4-11(14)5-3-10/h2-5,12-13,16H,6-9,15H2,1H3. The number of hydrogen-bond acceptors (Lipinski definition) is 4. The number of rotatable bonds is 4. The second-order valence-corrected chi connectivity index (χ2v) is 5.69. The van der Waals surface area contributed by atoms with Crippen LogP contribution in [0.1, 0.15) is 5.56 Å². The van der Waals surface area contributed by atoms with Gasteiger partial charge < -0.3 is 9.64 Å². The molecule has 100 valence electrons. The second-order valence-electron chi connectivity index (χ2n) is 4.78. The highest BCUT2D eigenvalue weighted by Crippen LogP contribution is 2.15. The van der Waals surface area contributed by atoms with Gasteiger partial charge in [0.05, 0.1) is 18.8 Å². The molecule has 1 saturated heterocycles. The van der Waals surface area contributed by atoms with Gasteiger partial charge in [-0.1, -0.05) is 28.1 Å². The van der Waals surface area contributed by atoms with E-state index in [4.69, 9.17) is 10.6 Å². The summed E-state index contributed by atoms with van der Waals surface area (Å²) < 4.78 is 6.90. The van der Waals surface area contributed by atoms with Gasteiger partial charge in [0.1, 0.15) is 0 Å². The summed E-state index contributed by atoms with van der Waals surface area (Å²) in [5, 5.41) is 0. The van der Waals surface area contributed by atoms with Crippen molar-refractivity contribution in [2.45, 2.75) is 18.6 Å². The van der Waals surface area contributed by atoms with Crippen molar-refractivity contribution in [3.63, 3.8) is 0 Å². The molecule has 1 aliphatic heterocycles. The number of likely N-dealkylation sites (N-methyl/N-ethyl adjacent to an activating group) is 1. The molecular weight excluding hydrogens is 294 g/mol. The topological polar surface area (TPSA) is 50.5 Å². The first-order chi connectivity index (χ1) is 8.69. The minimum atomic E-state index is 0.147. The van der Waals surface area contributed by atoms with E-state index in [0.717, 1.165) is 30.6 Å². The highest BCUT2D eigenvalue weighted by Gasteiger charge is 2.26. The van der Waals surface area contributed by atoms with Crippen molar-refractivity contribution in [2.24, 2.45) is 5.84 Å². The fourth-order valence-corrected chi connectivity index (χ4v) is 2.49. The summed E-state index contributed by atoms with van der Waals surface area (Å²) in [6, 6.07) is 8.48. The van der Waals surface area contributed by atoms with Crippen molar-refractivity contribution in [3.05, 3.63) is 34.3 Å². The molecule has 2 atom stereocenters. The van der Waals surface area contributed by atoms with Gasteiger partial charge in [-0.25, -0.2) is 0 Å². The Morgan fingerprint density at radius 2 is 2.22 bits per heavy atom. The second kappa shape index (κ2) is 6.63. The predicted molar refractivity (Wildman–Crippen MR) is 76.2 cm³/mol. The molecule has 2 rings (SSSR count). The molecule has 0 bridgehead atoms. The summed E-state index contributed by atoms with van der Waals surface area (Å²) in [6.45, 7) is 2.69. The minimum absolute atomic E-state index is 0.147. The minimum Gasteiger partial charge on any atom is -0.374 e. The van der Waals surface area contributed by atoms with Crippen molar-refractivity contribution in [1.82, 2.24) is 10.3 Å². The summed E-state index contributed by atoms with van der Waals surface area (Å²) in [4.78, 5) is 2.28. The molecule has 1 aromatic carbocycles. The number of nitrogens with two attached hydrogens (primary N) is 1. The Labute approximate surface area is 117 Å². The summed E-state index contributed by atoms with van der Waals surface area (Å²) in [6.07, 6.45) is 1.03. The first kappa shape index (κ1) is 14.0. The molecule has 1 aromatic rings. The van der Waals surface area contributed by atoms with Crippen molar-refractivity contribution >= 4 is 15.9 Å². The molecule has 4 nitrogen and oxygen atoms in total. The van der Waals surface area contributed by atoms with Crippen LogP contribution in [-0.4, -0.2) is 43.8 Å². The summed E-state index contributed by atoms with van der Waals surface area (Å²) in [7, 11) is 2.11. The van der Waals surface area contributed by atoms with Gasteiger partial charge in [-0.3, -0.25) is 11.3 Å². The maximum Gasteiger partial charge on any atom is 0.0871 e. The maximum absolute atomic E-state index is 5.80. The van der Waals surface area contributed by atoms with E-state index in [9.17, 15) is 0 Å². The molecule has 0 spiro atoms. The van der Waals surface area contributed by atoms with E-state index in [1.807, 2.05) is 0 Å². The highest BCUT2D eigenvalue weighted by atomic mass is 79.9. The number of hydrogen-bond donors (Lipinski definition) is 2. The Morgan fingerprint density at radius 3 is 2.83 bits per heavy atom. The average Bonchev–Trinajstić information content (AvgIpc) is 2.38. The lowest BCUT2D eigenvalue weighted by Gasteiger charge is -2.35. The van der Waals surface area contributed by atoms with E-state index < -0.39 is 0 Å². The number of morpholine rings is 1. The first-order valence-electron chi connectivity index (χ1n) is 6.20. The zero-order chi connectivity index (χ0) is 13.0. The fourth-order valence-electron chi connectivity index (χ4n) is 2.23. The lowest BCUT2D eigenvalue weighted by Crippen LogP contribution is -2.54. The van der Waals surface area contributed by atoms with Crippen molar-refractivity contribution in [2.75, 3.05) is 26.7 Å². The van der Waals surface area contributed by atoms with Gasteiger partial charge in [0.2, 0.25) is 0 Å². The summed E-state index contributed by atoms with van der Waals surface area (Å²) in [5.41, 5.74) is 4.15. The number of halogens is 1. The third-order valence-electron chi connectivity index (χ3n) is 3.33. The third-order valence-corrected chi connectivity index (χ3v) is 3.86. The van der Waals surface area contributed by atoms with Crippen LogP contribution in [-0.2, 0) is 11.2 Å². The molecule has 0 saturated carbocycles. The van der Waals surface area contributed by atoms with E-state index in [1.165, 1.54) is 5.56 Å². The summed E-state index contributed by atoms with van der Waals surface area (Å²) in [5.74, 6) is 5.67. The Balaban J connectivity index is 1.98. The Kier molecular flexibility index (Phi) is 5.14. The molecule has 3 N–H and O–H groups in total. The van der Waals surface area contributed by atoms with Crippen LogP contribution in [0.15, 0.2) is 28.7 Å². The zero-order valence-corrected chi connectivity index (χ0v) is 12.2. The van der Waals surface area contributed by atoms with Gasteiger partial charge >= 0.3 is 0 Å². The molecule has 1 fully saturated rings. The first-order valence-corrected chi connectivity index (χ1v) is 6.99. The molecule has 1 aliphatic rings. The van der Waals surface area contributed by atoms with E-state index in [0.29, 0.717) is 0 Å². The molecule has 18 heavy (non-hydrogen) atoms. The largest absolute Gasteiger partial charge is 0.374 e. The van der Waals surface area contributed by atoms with Crippen LogP contribution in [0.3, 0.4) is 0 Å². The van der Waals surface area contributed by atoms with E-state index in [2.05, 4.69) is 57.6 Å². The zero-order valence-electron chi connectivity index (χ0n) is 10.6. The van der Waals surface area contributed by atoms with Gasteiger partial charge in [-0.2, -0.15) is 0 Å². The van der Waals surface area contributed by atoms with Crippen LogP contribution in [0.25, 0.3) is 0 Å². The van der Waals surface area contributed by atoms with Crippen molar-refractivity contribution in [3.8, 4) is 0 Å². The van der Waals surface area contributed by atoms with Crippen LogP contribution in [0.5, 0.6) is 0 Å². The monoisotopic (exact) mass is 313 g/mol. The van der Waals surface area contributed by atoms with Crippen LogP contribution in [0.2, 0.25) is 0 Å². The molecule has 5 heteroatoms. The van der Waals surface area contributed by atoms with E-state index in [1.54, 1.807) is 0 Å². The van der Waals surface area contributed by atoms with Crippen molar-refractivity contribution < 1.29 is 4.74 Å². The average molecular weight is 314 g/mol. The molecular formula is C13H20BrN3O. The number of nitrogens with zero attached hydrogens (tertiary/aromatic N) is 1. The predicted octanol–water partition coefficient (Wildman–Crippen LogP) is 1.15. The van der Waals surface area contributed by atoms with E-state index in [-0.39, 0.29) is 12.1 Å². The Bertz CT molecular complexity index is 371. The Morgan fingerprint density at radius 1 is 1.50 bits per heavy atom. The van der Waals surface area contributed by atoms with Crippen LogP contribution in [0, 0.1) is 0 Å². The molecule has 0 aromatic heterocycles. The summed E-state index contributed by atoms with van der Waals surface area (Å²) >= 11 is 3.44. The Hall–Kier alpha value is -0.460. The molecule has 1 heterocycles. The van der Waals surface area contributed by atoms with Crippen LogP contribution >= 0.6 is 15.9 Å². The quantitative estimate of drug-likeness (QED) is 0.647. The van der Waals surface area contributed by atoms with E-state index >= 15 is 0 Å². The van der Waals surface area contributed by atoms with Crippen LogP contribution in [0.4, 0.5) is 0 Å². The smallest absolute Gasteiger partial charge is 0.0871 e. The van der Waals surface area contributed by atoms with Crippen molar-refractivity contribution in [1.29, 1.82) is 0 Å². The molecule has 0 aliphatic carbocycles. The number of hydrazine groups is 1. The molecule has 0 amide bonds. The number of nitrogens with one attached hydrogen (secondary N) is 1. The third kappa shape index (κ3) is 3.76. The lowest BCUT2D eigenvalue weighted by molar-refractivity contribution is -0.0384. The van der Waals surface area contributed by atoms with Gasteiger partial charge in [0.15, 0.2) is 0 Å². The SMILES string of the molecule is CN1CCOC(C(Cc2ccc(Br)cc2)NN)C1. The maximum atomic E-state index is 5.80. The van der Waals surface area contributed by atoms with Gasteiger partial charge in [0, 0.05) is 17.6 Å².